The van der Waals surface area contributed by atoms with Crippen LogP contribution in [0, 0.1) is 13.8 Å². The molecule has 31 heavy (non-hydrogen) atoms. The maximum absolute atomic E-state index is 12.5. The molecule has 0 radical (unpaired) electrons. The van der Waals surface area contributed by atoms with Gasteiger partial charge >= 0.3 is 0 Å². The van der Waals surface area contributed by atoms with Gasteiger partial charge in [-0.1, -0.05) is 36.0 Å². The van der Waals surface area contributed by atoms with Gasteiger partial charge in [-0.15, -0.1) is 0 Å². The van der Waals surface area contributed by atoms with Gasteiger partial charge in [0.05, 0.1) is 11.4 Å². The number of imidazole rings is 1. The van der Waals surface area contributed by atoms with Crippen molar-refractivity contribution in [2.75, 3.05) is 17.6 Å². The molecule has 0 bridgehead atoms. The first-order valence-corrected chi connectivity index (χ1v) is 11.2. The molecule has 2 aromatic carbocycles. The lowest BCUT2D eigenvalue weighted by atomic mass is 10.1. The second-order valence-corrected chi connectivity index (χ2v) is 8.38. The minimum Gasteiger partial charge on any atom is -0.339 e. The van der Waals surface area contributed by atoms with Crippen LogP contribution in [0.5, 0.6) is 0 Å². The van der Waals surface area contributed by atoms with Crippen molar-refractivity contribution in [3.8, 4) is 5.69 Å². The highest BCUT2D eigenvalue weighted by atomic mass is 32.2. The van der Waals surface area contributed by atoms with Crippen molar-refractivity contribution in [2.24, 2.45) is 0 Å². The van der Waals surface area contributed by atoms with Gasteiger partial charge in [-0.25, -0.2) is 4.98 Å². The standard InChI is InChI=1S/C24H28N4O2S/c1-5-27(19(4)29)15-20-7-6-8-21(14-20)26-23(30)16-31-24-25-11-12-28(24)22-13-17(2)9-10-18(22)3/h6-14H,5,15-16H2,1-4H3,(H,26,30). The van der Waals surface area contributed by atoms with E-state index in [-0.39, 0.29) is 17.6 Å². The minimum absolute atomic E-state index is 0.0349. The third kappa shape index (κ3) is 5.98. The molecule has 3 rings (SSSR count). The molecule has 162 valence electrons. The van der Waals surface area contributed by atoms with Gasteiger partial charge in [-0.05, 0) is 55.7 Å². The summed E-state index contributed by atoms with van der Waals surface area (Å²) in [6, 6.07) is 13.9. The molecule has 0 atom stereocenters. The second kappa shape index (κ2) is 10.3. The Kier molecular flexibility index (Phi) is 7.52. The van der Waals surface area contributed by atoms with E-state index in [9.17, 15) is 9.59 Å². The number of benzene rings is 2. The first-order chi connectivity index (χ1) is 14.9. The third-order valence-corrected chi connectivity index (χ3v) is 5.94. The van der Waals surface area contributed by atoms with E-state index in [0.717, 1.165) is 27.7 Å². The molecule has 1 aromatic heterocycles. The lowest BCUT2D eigenvalue weighted by Gasteiger charge is -2.19. The maximum Gasteiger partial charge on any atom is 0.234 e. The van der Waals surface area contributed by atoms with E-state index in [1.165, 1.54) is 17.3 Å². The number of thioether (sulfide) groups is 1. The zero-order valence-electron chi connectivity index (χ0n) is 18.4. The second-order valence-electron chi connectivity index (χ2n) is 7.44. The summed E-state index contributed by atoms with van der Waals surface area (Å²) in [6.07, 6.45) is 3.67. The van der Waals surface area contributed by atoms with Gasteiger partial charge in [0.15, 0.2) is 5.16 Å². The quantitative estimate of drug-likeness (QED) is 0.525. The number of anilines is 1. The van der Waals surface area contributed by atoms with Gasteiger partial charge in [0.1, 0.15) is 0 Å². The molecule has 3 aromatic rings. The summed E-state index contributed by atoms with van der Waals surface area (Å²) >= 11 is 1.40. The first-order valence-electron chi connectivity index (χ1n) is 10.3. The molecule has 0 aliphatic rings. The van der Waals surface area contributed by atoms with E-state index in [1.54, 1.807) is 18.0 Å². The highest BCUT2D eigenvalue weighted by molar-refractivity contribution is 7.99. The number of nitrogens with zero attached hydrogens (tertiary/aromatic N) is 3. The summed E-state index contributed by atoms with van der Waals surface area (Å²) in [7, 11) is 0. The lowest BCUT2D eigenvalue weighted by molar-refractivity contribution is -0.129. The number of hydrogen-bond donors (Lipinski definition) is 1. The fraction of sp³-hybridized carbons (Fsp3) is 0.292. The summed E-state index contributed by atoms with van der Waals surface area (Å²) in [6.45, 7) is 8.81. The molecule has 0 unspecified atom stereocenters. The number of carbonyl (C=O) groups excluding carboxylic acids is 2. The van der Waals surface area contributed by atoms with Gasteiger partial charge in [0, 0.05) is 38.1 Å². The Morgan fingerprint density at radius 1 is 1.16 bits per heavy atom. The molecule has 0 saturated carbocycles. The number of nitrogens with one attached hydrogen (secondary N) is 1. The molecule has 7 heteroatoms. The van der Waals surface area contributed by atoms with Gasteiger partial charge in [-0.2, -0.15) is 0 Å². The Labute approximate surface area is 187 Å². The fourth-order valence-corrected chi connectivity index (χ4v) is 4.07. The number of aryl methyl sites for hydroxylation is 2. The van der Waals surface area contributed by atoms with Gasteiger partial charge in [0.25, 0.3) is 0 Å². The van der Waals surface area contributed by atoms with Crippen LogP contribution in [0.15, 0.2) is 60.0 Å². The van der Waals surface area contributed by atoms with Crippen molar-refractivity contribution in [1.82, 2.24) is 14.5 Å². The van der Waals surface area contributed by atoms with Crippen molar-refractivity contribution in [2.45, 2.75) is 39.4 Å². The molecule has 0 saturated heterocycles. The topological polar surface area (TPSA) is 67.2 Å². The number of amides is 2. The fourth-order valence-electron chi connectivity index (χ4n) is 3.30. The van der Waals surface area contributed by atoms with Crippen LogP contribution >= 0.6 is 11.8 Å². The molecule has 0 fully saturated rings. The van der Waals surface area contributed by atoms with Crippen LogP contribution in [-0.4, -0.2) is 38.6 Å². The Morgan fingerprint density at radius 3 is 2.71 bits per heavy atom. The molecule has 1 heterocycles. The van der Waals surface area contributed by atoms with E-state index in [0.29, 0.717) is 13.1 Å². The smallest absolute Gasteiger partial charge is 0.234 e. The SMILES string of the molecule is CCN(Cc1cccc(NC(=O)CSc2nccn2-c2cc(C)ccc2C)c1)C(C)=O. The van der Waals surface area contributed by atoms with Crippen LogP contribution in [0.1, 0.15) is 30.5 Å². The van der Waals surface area contributed by atoms with E-state index < -0.39 is 0 Å². The average molecular weight is 437 g/mol. The molecule has 6 nitrogen and oxygen atoms in total. The van der Waals surface area contributed by atoms with Crippen LogP contribution in [0.25, 0.3) is 5.69 Å². The normalized spacial score (nSPS) is 10.7. The summed E-state index contributed by atoms with van der Waals surface area (Å²) in [5.41, 5.74) is 5.10. The Balaban J connectivity index is 1.63. The van der Waals surface area contributed by atoms with Crippen LogP contribution in [0.2, 0.25) is 0 Å². The van der Waals surface area contributed by atoms with Crippen molar-refractivity contribution in [3.63, 3.8) is 0 Å². The van der Waals surface area contributed by atoms with Crippen LogP contribution in [-0.2, 0) is 16.1 Å². The molecule has 0 aliphatic carbocycles. The predicted molar refractivity (Wildman–Crippen MR) is 126 cm³/mol. The first kappa shape index (κ1) is 22.6. The highest BCUT2D eigenvalue weighted by Crippen LogP contribution is 2.24. The molecule has 1 N–H and O–H groups in total. The van der Waals surface area contributed by atoms with Crippen molar-refractivity contribution >= 4 is 29.3 Å². The zero-order chi connectivity index (χ0) is 22.4. The largest absolute Gasteiger partial charge is 0.339 e. The zero-order valence-corrected chi connectivity index (χ0v) is 19.2. The predicted octanol–water partition coefficient (Wildman–Crippen LogP) is 4.59. The Hall–Kier alpha value is -3.06. The van der Waals surface area contributed by atoms with Gasteiger partial charge in [0.2, 0.25) is 11.8 Å². The number of carbonyl (C=O) groups is 2. The molecule has 2 amide bonds. The van der Waals surface area contributed by atoms with Gasteiger partial charge in [-0.3, -0.25) is 14.2 Å². The lowest BCUT2D eigenvalue weighted by Crippen LogP contribution is -2.27. The van der Waals surface area contributed by atoms with E-state index in [1.807, 2.05) is 42.0 Å². The molecule has 0 spiro atoms. The van der Waals surface area contributed by atoms with Crippen molar-refractivity contribution in [3.05, 3.63) is 71.5 Å². The number of hydrogen-bond acceptors (Lipinski definition) is 4. The number of rotatable bonds is 8. The summed E-state index contributed by atoms with van der Waals surface area (Å²) < 4.78 is 2.02. The summed E-state index contributed by atoms with van der Waals surface area (Å²) in [4.78, 5) is 30.4. The van der Waals surface area contributed by atoms with E-state index >= 15 is 0 Å². The summed E-state index contributed by atoms with van der Waals surface area (Å²) in [5, 5.41) is 3.72. The molecule has 0 aliphatic heterocycles. The Morgan fingerprint density at radius 2 is 1.97 bits per heavy atom. The molecular formula is C24H28N4O2S. The van der Waals surface area contributed by atoms with E-state index in [2.05, 4.69) is 42.3 Å². The van der Waals surface area contributed by atoms with E-state index in [4.69, 9.17) is 0 Å². The van der Waals surface area contributed by atoms with Crippen LogP contribution < -0.4 is 5.32 Å². The average Bonchev–Trinajstić information content (AvgIpc) is 3.20. The summed E-state index contributed by atoms with van der Waals surface area (Å²) in [5.74, 6) is 0.185. The van der Waals surface area contributed by atoms with Crippen molar-refractivity contribution in [1.29, 1.82) is 0 Å². The molecular weight excluding hydrogens is 408 g/mol. The number of aromatic nitrogens is 2. The minimum atomic E-state index is -0.100. The highest BCUT2D eigenvalue weighted by Gasteiger charge is 2.12. The monoisotopic (exact) mass is 436 g/mol. The van der Waals surface area contributed by atoms with Crippen molar-refractivity contribution < 1.29 is 9.59 Å². The third-order valence-electron chi connectivity index (χ3n) is 4.97. The van der Waals surface area contributed by atoms with Crippen LogP contribution in [0.3, 0.4) is 0 Å². The maximum atomic E-state index is 12.5. The van der Waals surface area contributed by atoms with Gasteiger partial charge < -0.3 is 10.2 Å². The van der Waals surface area contributed by atoms with Crippen LogP contribution in [0.4, 0.5) is 5.69 Å². The Bertz CT molecular complexity index is 1080.